The maximum absolute atomic E-state index is 5.86. The molecule has 2 atom stereocenters. The van der Waals surface area contributed by atoms with Gasteiger partial charge in [0.2, 0.25) is 0 Å². The first kappa shape index (κ1) is 7.83. The van der Waals surface area contributed by atoms with Crippen LogP contribution in [0, 0.1) is 5.92 Å². The lowest BCUT2D eigenvalue weighted by Crippen LogP contribution is -2.30. The summed E-state index contributed by atoms with van der Waals surface area (Å²) in [6.45, 7) is 0.489. The molecule has 0 saturated heterocycles. The van der Waals surface area contributed by atoms with Gasteiger partial charge in [-0.15, -0.1) is 0 Å². The molecule has 4 heteroatoms. The molecule has 0 fully saturated rings. The van der Waals surface area contributed by atoms with Crippen LogP contribution in [-0.4, -0.2) is 18.3 Å². The third kappa shape index (κ3) is 1.15. The zero-order valence-electron chi connectivity index (χ0n) is 6.50. The molecule has 1 aliphatic carbocycles. The number of nitrogens with one attached hydrogen (secondary N) is 1. The summed E-state index contributed by atoms with van der Waals surface area (Å²) >= 11 is 5.86. The van der Waals surface area contributed by atoms with Gasteiger partial charge in [0.1, 0.15) is 0 Å². The second kappa shape index (κ2) is 2.92. The molecule has 2 rings (SSSR count). The van der Waals surface area contributed by atoms with Crippen LogP contribution in [-0.2, 0) is 0 Å². The van der Waals surface area contributed by atoms with Crippen molar-refractivity contribution < 1.29 is 0 Å². The van der Waals surface area contributed by atoms with Crippen molar-refractivity contribution in [2.75, 3.05) is 6.54 Å². The molecule has 0 aromatic rings. The first-order valence-corrected chi connectivity index (χ1v) is 4.26. The van der Waals surface area contributed by atoms with Crippen LogP contribution in [0.2, 0.25) is 0 Å². The van der Waals surface area contributed by atoms with Crippen LogP contribution in [0.4, 0.5) is 0 Å². The maximum Gasteiger partial charge on any atom is 0.0740 e. The number of fused-ring (bicyclic) bond motifs is 1. The van der Waals surface area contributed by atoms with Crippen LogP contribution in [0.25, 0.3) is 0 Å². The second-order valence-corrected chi connectivity index (χ2v) is 3.34. The molecule has 64 valence electrons. The standard InChI is InChI=1S/C8H10ClN3/c9-5-1-2-7-6(3-5)8(4-10)12-11-7/h1-3,6-7,11H,4,10H2. The molecule has 2 aliphatic rings. The summed E-state index contributed by atoms with van der Waals surface area (Å²) in [7, 11) is 0. The van der Waals surface area contributed by atoms with Crippen molar-refractivity contribution in [2.24, 2.45) is 16.8 Å². The molecule has 0 saturated carbocycles. The molecule has 12 heavy (non-hydrogen) atoms. The first-order chi connectivity index (χ1) is 5.81. The van der Waals surface area contributed by atoms with E-state index in [-0.39, 0.29) is 12.0 Å². The molecule has 0 radical (unpaired) electrons. The quantitative estimate of drug-likeness (QED) is 0.625. The molecule has 0 aromatic heterocycles. The molecule has 2 unspecified atom stereocenters. The van der Waals surface area contributed by atoms with Gasteiger partial charge in [0.25, 0.3) is 0 Å². The van der Waals surface area contributed by atoms with Crippen molar-refractivity contribution in [2.45, 2.75) is 6.04 Å². The number of hydrazone groups is 1. The van der Waals surface area contributed by atoms with Gasteiger partial charge in [0.15, 0.2) is 0 Å². The van der Waals surface area contributed by atoms with Gasteiger partial charge in [-0.05, 0) is 6.08 Å². The summed E-state index contributed by atoms with van der Waals surface area (Å²) in [5.41, 5.74) is 9.49. The Morgan fingerprint density at radius 3 is 3.25 bits per heavy atom. The third-order valence-corrected chi connectivity index (χ3v) is 2.39. The molecule has 3 nitrogen and oxygen atoms in total. The van der Waals surface area contributed by atoms with Gasteiger partial charge in [-0.1, -0.05) is 23.8 Å². The maximum atomic E-state index is 5.86. The van der Waals surface area contributed by atoms with Crippen LogP contribution >= 0.6 is 11.6 Å². The second-order valence-electron chi connectivity index (χ2n) is 2.90. The number of hydrogen-bond acceptors (Lipinski definition) is 3. The Morgan fingerprint density at radius 2 is 2.50 bits per heavy atom. The minimum absolute atomic E-state index is 0.256. The fourth-order valence-electron chi connectivity index (χ4n) is 1.49. The van der Waals surface area contributed by atoms with Gasteiger partial charge in [-0.25, -0.2) is 0 Å². The van der Waals surface area contributed by atoms with Crippen LogP contribution in [0.15, 0.2) is 28.4 Å². The third-order valence-electron chi connectivity index (χ3n) is 2.14. The molecule has 1 heterocycles. The van der Waals surface area contributed by atoms with Crippen LogP contribution in [0.1, 0.15) is 0 Å². The van der Waals surface area contributed by atoms with E-state index in [1.807, 2.05) is 18.2 Å². The van der Waals surface area contributed by atoms with E-state index < -0.39 is 0 Å². The molecular formula is C8H10ClN3. The Morgan fingerprint density at radius 1 is 1.67 bits per heavy atom. The molecular weight excluding hydrogens is 174 g/mol. The van der Waals surface area contributed by atoms with Gasteiger partial charge >= 0.3 is 0 Å². The van der Waals surface area contributed by atoms with Gasteiger partial charge < -0.3 is 11.2 Å². The number of nitrogens with zero attached hydrogens (tertiary/aromatic N) is 1. The predicted molar refractivity (Wildman–Crippen MR) is 50.0 cm³/mol. The summed E-state index contributed by atoms with van der Waals surface area (Å²) in [4.78, 5) is 0. The largest absolute Gasteiger partial charge is 0.325 e. The summed E-state index contributed by atoms with van der Waals surface area (Å²) in [6, 6.07) is 0.256. The van der Waals surface area contributed by atoms with Gasteiger partial charge in [0, 0.05) is 17.5 Å². The van der Waals surface area contributed by atoms with E-state index in [2.05, 4.69) is 10.5 Å². The van der Waals surface area contributed by atoms with Crippen LogP contribution in [0.5, 0.6) is 0 Å². The highest BCUT2D eigenvalue weighted by Gasteiger charge is 2.28. The summed E-state index contributed by atoms with van der Waals surface area (Å²) in [5, 5.41) is 4.89. The Labute approximate surface area is 76.0 Å². The SMILES string of the molecule is NCC1=NNC2C=CC(Cl)=CC12. The number of allylic oxidation sites excluding steroid dienone is 2. The van der Waals surface area contributed by atoms with E-state index in [1.165, 1.54) is 0 Å². The average molecular weight is 184 g/mol. The highest BCUT2D eigenvalue weighted by molar-refractivity contribution is 6.31. The molecule has 1 aliphatic heterocycles. The first-order valence-electron chi connectivity index (χ1n) is 3.89. The fourth-order valence-corrected chi connectivity index (χ4v) is 1.70. The van der Waals surface area contributed by atoms with Crippen LogP contribution < -0.4 is 11.2 Å². The Bertz CT molecular complexity index is 280. The van der Waals surface area contributed by atoms with Gasteiger partial charge in [-0.3, -0.25) is 0 Å². The number of halogens is 1. The average Bonchev–Trinajstić information content (AvgIpc) is 2.46. The number of rotatable bonds is 1. The molecule has 3 N–H and O–H groups in total. The van der Waals surface area contributed by atoms with Gasteiger partial charge in [0.05, 0.1) is 11.8 Å². The van der Waals surface area contributed by atoms with Crippen molar-refractivity contribution in [1.29, 1.82) is 0 Å². The highest BCUT2D eigenvalue weighted by Crippen LogP contribution is 2.23. The molecule has 0 spiro atoms. The highest BCUT2D eigenvalue weighted by atomic mass is 35.5. The smallest absolute Gasteiger partial charge is 0.0740 e. The van der Waals surface area contributed by atoms with Crippen molar-refractivity contribution in [3.63, 3.8) is 0 Å². The van der Waals surface area contributed by atoms with Crippen molar-refractivity contribution in [1.82, 2.24) is 5.43 Å². The normalized spacial score (nSPS) is 32.2. The molecule has 0 aromatic carbocycles. The molecule has 0 amide bonds. The van der Waals surface area contributed by atoms with Crippen molar-refractivity contribution in [3.05, 3.63) is 23.3 Å². The number of hydrogen-bond donors (Lipinski definition) is 2. The minimum atomic E-state index is 0.256. The van der Waals surface area contributed by atoms with E-state index in [1.54, 1.807) is 0 Å². The van der Waals surface area contributed by atoms with Crippen molar-refractivity contribution in [3.8, 4) is 0 Å². The number of nitrogens with two attached hydrogens (primary N) is 1. The minimum Gasteiger partial charge on any atom is -0.325 e. The van der Waals surface area contributed by atoms with E-state index >= 15 is 0 Å². The van der Waals surface area contributed by atoms with E-state index in [9.17, 15) is 0 Å². The summed E-state index contributed by atoms with van der Waals surface area (Å²) in [5.74, 6) is 0.257. The van der Waals surface area contributed by atoms with E-state index in [4.69, 9.17) is 17.3 Å². The van der Waals surface area contributed by atoms with Crippen molar-refractivity contribution >= 4 is 17.3 Å². The summed E-state index contributed by atoms with van der Waals surface area (Å²) in [6.07, 6.45) is 5.88. The predicted octanol–water partition coefficient (Wildman–Crippen LogP) is 0.582. The Hall–Kier alpha value is -0.800. The Balaban J connectivity index is 2.24. The van der Waals surface area contributed by atoms with Crippen LogP contribution in [0.3, 0.4) is 0 Å². The monoisotopic (exact) mass is 183 g/mol. The summed E-state index contributed by atoms with van der Waals surface area (Å²) < 4.78 is 0. The van der Waals surface area contributed by atoms with E-state index in [0.717, 1.165) is 10.7 Å². The fraction of sp³-hybridized carbons (Fsp3) is 0.375. The Kier molecular flexibility index (Phi) is 1.90. The lowest BCUT2D eigenvalue weighted by atomic mass is 9.92. The van der Waals surface area contributed by atoms with E-state index in [0.29, 0.717) is 6.54 Å². The lowest BCUT2D eigenvalue weighted by Gasteiger charge is -2.16. The molecule has 0 bridgehead atoms. The zero-order chi connectivity index (χ0) is 8.55. The zero-order valence-corrected chi connectivity index (χ0v) is 7.25. The topological polar surface area (TPSA) is 50.4 Å². The lowest BCUT2D eigenvalue weighted by molar-refractivity contribution is 0.619. The van der Waals surface area contributed by atoms with Gasteiger partial charge in [-0.2, -0.15) is 5.10 Å².